The summed E-state index contributed by atoms with van der Waals surface area (Å²) in [6.07, 6.45) is 0.746. The molecule has 1 N–H and O–H groups in total. The maximum absolute atomic E-state index is 12.3. The molecule has 0 spiro atoms. The Morgan fingerprint density at radius 1 is 1.39 bits per heavy atom. The average molecular weight is 273 g/mol. The molecule has 0 heterocycles. The number of aliphatic hydroxyl groups excluding tert-OH is 1. The van der Waals surface area contributed by atoms with Crippen molar-refractivity contribution in [1.29, 1.82) is 0 Å². The molecule has 0 atom stereocenters. The fraction of sp³-hybridized carbons (Fsp3) is 0.500. The average Bonchev–Trinajstić information content (AvgIpc) is 2.38. The van der Waals surface area contributed by atoms with Gasteiger partial charge in [-0.05, 0) is 24.1 Å². The van der Waals surface area contributed by atoms with E-state index in [1.807, 2.05) is 13.0 Å². The third-order valence-electron chi connectivity index (χ3n) is 2.74. The fourth-order valence-corrected chi connectivity index (χ4v) is 2.94. The highest BCUT2D eigenvalue weighted by Gasteiger charge is 2.24. The van der Waals surface area contributed by atoms with Crippen LogP contribution in [0.25, 0.3) is 0 Å². The number of methoxy groups -OCH3 is 1. The molecule has 1 rings (SSSR count). The van der Waals surface area contributed by atoms with E-state index in [0.29, 0.717) is 5.75 Å². The molecular formula is C12H19NO4S. The van der Waals surface area contributed by atoms with Gasteiger partial charge in [-0.25, -0.2) is 8.42 Å². The van der Waals surface area contributed by atoms with Crippen molar-refractivity contribution in [3.05, 3.63) is 23.8 Å². The van der Waals surface area contributed by atoms with Crippen LogP contribution in [0.1, 0.15) is 12.5 Å². The van der Waals surface area contributed by atoms with Crippen molar-refractivity contribution in [2.75, 3.05) is 27.3 Å². The maximum atomic E-state index is 12.3. The van der Waals surface area contributed by atoms with E-state index in [1.54, 1.807) is 12.1 Å². The molecular weight excluding hydrogens is 254 g/mol. The second-order valence-corrected chi connectivity index (χ2v) is 5.90. The Kier molecular flexibility index (Phi) is 5.13. The van der Waals surface area contributed by atoms with E-state index >= 15 is 0 Å². The molecule has 0 amide bonds. The van der Waals surface area contributed by atoms with Gasteiger partial charge in [0.25, 0.3) is 0 Å². The number of nitrogens with zero attached hydrogens (tertiary/aromatic N) is 1. The zero-order valence-electron chi connectivity index (χ0n) is 10.9. The lowest BCUT2D eigenvalue weighted by molar-refractivity contribution is 0.266. The molecule has 0 fully saturated rings. The second kappa shape index (κ2) is 6.17. The number of benzene rings is 1. The highest BCUT2D eigenvalue weighted by Crippen LogP contribution is 2.27. The van der Waals surface area contributed by atoms with Gasteiger partial charge >= 0.3 is 0 Å². The Bertz CT molecular complexity index is 499. The minimum Gasteiger partial charge on any atom is -0.495 e. The molecule has 6 heteroatoms. The van der Waals surface area contributed by atoms with Crippen LogP contribution in [0.3, 0.4) is 0 Å². The molecule has 0 saturated heterocycles. The number of hydrogen-bond acceptors (Lipinski definition) is 4. The van der Waals surface area contributed by atoms with E-state index in [9.17, 15) is 8.42 Å². The van der Waals surface area contributed by atoms with Crippen molar-refractivity contribution >= 4 is 10.0 Å². The summed E-state index contributed by atoms with van der Waals surface area (Å²) in [5.74, 6) is 0.317. The summed E-state index contributed by atoms with van der Waals surface area (Å²) >= 11 is 0. The van der Waals surface area contributed by atoms with Crippen LogP contribution in [0, 0.1) is 0 Å². The lowest BCUT2D eigenvalue weighted by atomic mass is 10.2. The Morgan fingerprint density at radius 2 is 2.06 bits per heavy atom. The lowest BCUT2D eigenvalue weighted by Gasteiger charge is -2.18. The minimum atomic E-state index is -3.63. The normalized spacial score (nSPS) is 11.8. The number of sulfonamides is 1. The Balaban J connectivity index is 3.29. The van der Waals surface area contributed by atoms with Gasteiger partial charge in [-0.1, -0.05) is 13.0 Å². The second-order valence-electron chi connectivity index (χ2n) is 3.89. The summed E-state index contributed by atoms with van der Waals surface area (Å²) in [7, 11) is -0.757. The molecule has 18 heavy (non-hydrogen) atoms. The number of ether oxygens (including phenoxy) is 1. The SMILES string of the molecule is CCc1ccc(OC)c(S(=O)(=O)N(C)CCO)c1. The van der Waals surface area contributed by atoms with E-state index in [2.05, 4.69) is 0 Å². The topological polar surface area (TPSA) is 66.8 Å². The first-order chi connectivity index (χ1) is 8.47. The molecule has 5 nitrogen and oxygen atoms in total. The Hall–Kier alpha value is -1.11. The van der Waals surface area contributed by atoms with Gasteiger partial charge in [0.1, 0.15) is 10.6 Å². The summed E-state index contributed by atoms with van der Waals surface area (Å²) < 4.78 is 30.8. The Morgan fingerprint density at radius 3 is 2.56 bits per heavy atom. The van der Waals surface area contributed by atoms with Gasteiger partial charge in [0.15, 0.2) is 0 Å². The van der Waals surface area contributed by atoms with Crippen molar-refractivity contribution in [2.45, 2.75) is 18.2 Å². The van der Waals surface area contributed by atoms with E-state index in [0.717, 1.165) is 16.3 Å². The quantitative estimate of drug-likeness (QED) is 0.835. The maximum Gasteiger partial charge on any atom is 0.246 e. The molecule has 1 aromatic rings. The third kappa shape index (κ3) is 3.01. The van der Waals surface area contributed by atoms with Gasteiger partial charge in [0.2, 0.25) is 10.0 Å². The van der Waals surface area contributed by atoms with E-state index < -0.39 is 10.0 Å². The van der Waals surface area contributed by atoms with Gasteiger partial charge in [-0.3, -0.25) is 0 Å². The predicted octanol–water partition coefficient (Wildman–Crippen LogP) is 0.870. The van der Waals surface area contributed by atoms with Crippen molar-refractivity contribution in [1.82, 2.24) is 4.31 Å². The van der Waals surface area contributed by atoms with Gasteiger partial charge in [-0.15, -0.1) is 0 Å². The van der Waals surface area contributed by atoms with Crippen LogP contribution in [0.5, 0.6) is 5.75 Å². The van der Waals surface area contributed by atoms with Crippen LogP contribution in [0.2, 0.25) is 0 Å². The monoisotopic (exact) mass is 273 g/mol. The van der Waals surface area contributed by atoms with E-state index in [-0.39, 0.29) is 18.0 Å². The molecule has 102 valence electrons. The van der Waals surface area contributed by atoms with E-state index in [4.69, 9.17) is 9.84 Å². The molecule has 0 aromatic heterocycles. The van der Waals surface area contributed by atoms with Crippen LogP contribution in [-0.4, -0.2) is 45.1 Å². The Labute approximate surface area is 108 Å². The molecule has 0 aliphatic rings. The summed E-state index contributed by atoms with van der Waals surface area (Å²) in [4.78, 5) is 0.139. The van der Waals surface area contributed by atoms with Gasteiger partial charge in [0.05, 0.1) is 13.7 Å². The van der Waals surface area contributed by atoms with Gasteiger partial charge in [0, 0.05) is 13.6 Å². The van der Waals surface area contributed by atoms with Crippen LogP contribution >= 0.6 is 0 Å². The van der Waals surface area contributed by atoms with Crippen LogP contribution < -0.4 is 4.74 Å². The summed E-state index contributed by atoms with van der Waals surface area (Å²) in [5, 5.41) is 8.84. The van der Waals surface area contributed by atoms with E-state index in [1.165, 1.54) is 14.2 Å². The first kappa shape index (κ1) is 14.9. The lowest BCUT2D eigenvalue weighted by Crippen LogP contribution is -2.30. The molecule has 0 saturated carbocycles. The largest absolute Gasteiger partial charge is 0.495 e. The van der Waals surface area contributed by atoms with Crippen LogP contribution in [0.15, 0.2) is 23.1 Å². The molecule has 0 radical (unpaired) electrons. The van der Waals surface area contributed by atoms with Crippen molar-refractivity contribution < 1.29 is 18.3 Å². The number of hydrogen-bond donors (Lipinski definition) is 1. The predicted molar refractivity (Wildman–Crippen MR) is 69.3 cm³/mol. The molecule has 0 bridgehead atoms. The third-order valence-corrected chi connectivity index (χ3v) is 4.62. The number of likely N-dealkylation sites (N-methyl/N-ethyl adjacent to an activating group) is 1. The molecule has 0 aliphatic carbocycles. The number of aryl methyl sites for hydroxylation is 1. The van der Waals surface area contributed by atoms with Crippen molar-refractivity contribution in [3.8, 4) is 5.75 Å². The summed E-state index contributed by atoms with van der Waals surface area (Å²) in [5.41, 5.74) is 0.923. The smallest absolute Gasteiger partial charge is 0.246 e. The van der Waals surface area contributed by atoms with Crippen molar-refractivity contribution in [3.63, 3.8) is 0 Å². The van der Waals surface area contributed by atoms with Crippen molar-refractivity contribution in [2.24, 2.45) is 0 Å². The molecule has 0 aliphatic heterocycles. The molecule has 1 aromatic carbocycles. The van der Waals surface area contributed by atoms with Gasteiger partial charge < -0.3 is 9.84 Å². The summed E-state index contributed by atoms with van der Waals surface area (Å²) in [6, 6.07) is 5.10. The highest BCUT2D eigenvalue weighted by atomic mass is 32.2. The standard InChI is InChI=1S/C12H19NO4S/c1-4-10-5-6-11(17-3)12(9-10)18(15,16)13(2)7-8-14/h5-6,9,14H,4,7-8H2,1-3H3. The highest BCUT2D eigenvalue weighted by molar-refractivity contribution is 7.89. The zero-order chi connectivity index (χ0) is 13.8. The first-order valence-electron chi connectivity index (χ1n) is 5.71. The molecule has 0 unspecified atom stereocenters. The number of aliphatic hydroxyl groups is 1. The first-order valence-corrected chi connectivity index (χ1v) is 7.15. The van der Waals surface area contributed by atoms with Crippen LogP contribution in [0.4, 0.5) is 0 Å². The zero-order valence-corrected chi connectivity index (χ0v) is 11.7. The fourth-order valence-electron chi connectivity index (χ4n) is 1.57. The van der Waals surface area contributed by atoms with Crippen LogP contribution in [-0.2, 0) is 16.4 Å². The van der Waals surface area contributed by atoms with Gasteiger partial charge in [-0.2, -0.15) is 4.31 Å². The minimum absolute atomic E-state index is 0.0574. The number of rotatable bonds is 6. The summed E-state index contributed by atoms with van der Waals surface area (Å²) in [6.45, 7) is 1.79.